The zero-order valence-corrected chi connectivity index (χ0v) is 11.2. The van der Waals surface area contributed by atoms with Gasteiger partial charge in [-0.15, -0.1) is 0 Å². The second-order valence-electron chi connectivity index (χ2n) is 4.22. The fourth-order valence-corrected chi connectivity index (χ4v) is 1.34. The third kappa shape index (κ3) is 3.67. The Balaban J connectivity index is 2.67. The van der Waals surface area contributed by atoms with Gasteiger partial charge in [0.25, 0.3) is 0 Å². The normalized spacial score (nSPS) is 11.1. The number of nitrogens with one attached hydrogen (secondary N) is 1. The van der Waals surface area contributed by atoms with Crippen molar-refractivity contribution in [3.05, 3.63) is 28.5 Å². The maximum Gasteiger partial charge on any atom is 0.242 e. The van der Waals surface area contributed by atoms with Crippen molar-refractivity contribution in [2.45, 2.75) is 13.8 Å². The Morgan fingerprint density at radius 1 is 1.59 bits per heavy atom. The van der Waals surface area contributed by atoms with Gasteiger partial charge in [0.05, 0.1) is 9.89 Å². The molecule has 94 valence electrons. The lowest BCUT2D eigenvalue weighted by molar-refractivity contribution is -0.130. The molecule has 6 heteroatoms. The van der Waals surface area contributed by atoms with E-state index in [0.29, 0.717) is 10.2 Å². The van der Waals surface area contributed by atoms with Crippen LogP contribution < -0.4 is 16.0 Å². The molecule has 0 heterocycles. The molecule has 0 aromatic heterocycles. The average Bonchev–Trinajstić information content (AvgIpc) is 2.29. The molecule has 0 aliphatic heterocycles. The summed E-state index contributed by atoms with van der Waals surface area (Å²) in [6, 6.07) is 4.41. The number of halogens is 2. The molecule has 3 N–H and O–H groups in total. The van der Waals surface area contributed by atoms with E-state index < -0.39 is 11.2 Å². The largest absolute Gasteiger partial charge is 0.492 e. The number of carbonyl (C=O) groups excluding carboxylic acids is 1. The smallest absolute Gasteiger partial charge is 0.242 e. The Kier molecular flexibility index (Phi) is 4.47. The number of nitrogens with two attached hydrogens (primary N) is 1. The SMILES string of the molecule is CC(C)(COc1ccc(Br)c(F)c1)C(=O)NN. The van der Waals surface area contributed by atoms with Gasteiger partial charge in [-0.3, -0.25) is 10.2 Å². The number of hydrogen-bond donors (Lipinski definition) is 2. The van der Waals surface area contributed by atoms with E-state index in [-0.39, 0.29) is 12.5 Å². The van der Waals surface area contributed by atoms with Crippen molar-refractivity contribution in [2.24, 2.45) is 11.3 Å². The Morgan fingerprint density at radius 2 is 2.24 bits per heavy atom. The first-order valence-corrected chi connectivity index (χ1v) is 5.75. The van der Waals surface area contributed by atoms with Gasteiger partial charge in [-0.2, -0.15) is 0 Å². The predicted octanol–water partition coefficient (Wildman–Crippen LogP) is 1.98. The van der Waals surface area contributed by atoms with Crippen LogP contribution in [0, 0.1) is 11.2 Å². The number of hydrazine groups is 1. The molecule has 0 saturated heterocycles. The summed E-state index contributed by atoms with van der Waals surface area (Å²) >= 11 is 3.04. The molecule has 0 unspecified atom stereocenters. The van der Waals surface area contributed by atoms with Crippen molar-refractivity contribution in [1.29, 1.82) is 0 Å². The molecular formula is C11H14BrFN2O2. The maximum atomic E-state index is 13.2. The highest BCUT2D eigenvalue weighted by Gasteiger charge is 2.28. The van der Waals surface area contributed by atoms with Crippen molar-refractivity contribution in [2.75, 3.05) is 6.61 Å². The van der Waals surface area contributed by atoms with E-state index in [1.165, 1.54) is 6.07 Å². The van der Waals surface area contributed by atoms with E-state index in [1.807, 2.05) is 0 Å². The summed E-state index contributed by atoms with van der Waals surface area (Å²) in [5.74, 6) is 4.66. The van der Waals surface area contributed by atoms with Crippen LogP contribution in [0.4, 0.5) is 4.39 Å². The number of rotatable bonds is 4. The average molecular weight is 305 g/mol. The molecule has 17 heavy (non-hydrogen) atoms. The van der Waals surface area contributed by atoms with Gasteiger partial charge in [-0.25, -0.2) is 10.2 Å². The summed E-state index contributed by atoms with van der Waals surface area (Å²) in [6.07, 6.45) is 0. The third-order valence-corrected chi connectivity index (χ3v) is 2.88. The maximum absolute atomic E-state index is 13.2. The monoisotopic (exact) mass is 304 g/mol. The standard InChI is InChI=1S/C11H14BrFN2O2/c1-11(2,10(16)15-14)6-17-7-3-4-8(12)9(13)5-7/h3-5H,6,14H2,1-2H3,(H,15,16). The fraction of sp³-hybridized carbons (Fsp3) is 0.364. The molecule has 1 rings (SSSR count). The minimum absolute atomic E-state index is 0.108. The molecule has 0 bridgehead atoms. The molecule has 4 nitrogen and oxygen atoms in total. The predicted molar refractivity (Wildman–Crippen MR) is 65.7 cm³/mol. The van der Waals surface area contributed by atoms with Crippen molar-refractivity contribution in [3.8, 4) is 5.75 Å². The second kappa shape index (κ2) is 5.46. The lowest BCUT2D eigenvalue weighted by Crippen LogP contribution is -2.44. The van der Waals surface area contributed by atoms with Gasteiger partial charge in [0.2, 0.25) is 5.91 Å². The molecule has 0 aliphatic carbocycles. The van der Waals surface area contributed by atoms with E-state index in [0.717, 1.165) is 0 Å². The van der Waals surface area contributed by atoms with Crippen molar-refractivity contribution in [1.82, 2.24) is 5.43 Å². The lowest BCUT2D eigenvalue weighted by Gasteiger charge is -2.22. The quantitative estimate of drug-likeness (QED) is 0.508. The van der Waals surface area contributed by atoms with Crippen LogP contribution in [0.15, 0.2) is 22.7 Å². The van der Waals surface area contributed by atoms with Crippen LogP contribution in [0.1, 0.15) is 13.8 Å². The van der Waals surface area contributed by atoms with E-state index in [2.05, 4.69) is 21.4 Å². The first-order valence-electron chi connectivity index (χ1n) is 4.96. The Bertz CT molecular complexity index is 424. The topological polar surface area (TPSA) is 64.3 Å². The molecule has 1 aromatic carbocycles. The van der Waals surface area contributed by atoms with Gasteiger partial charge in [0.1, 0.15) is 18.2 Å². The molecule has 0 spiro atoms. The van der Waals surface area contributed by atoms with E-state index in [9.17, 15) is 9.18 Å². The number of carbonyl (C=O) groups is 1. The van der Waals surface area contributed by atoms with Crippen LogP contribution >= 0.6 is 15.9 Å². The van der Waals surface area contributed by atoms with Crippen LogP contribution in [0.5, 0.6) is 5.75 Å². The van der Waals surface area contributed by atoms with Crippen molar-refractivity contribution >= 4 is 21.8 Å². The molecule has 0 atom stereocenters. The molecular weight excluding hydrogens is 291 g/mol. The zero-order valence-electron chi connectivity index (χ0n) is 9.59. The van der Waals surface area contributed by atoms with Crippen LogP contribution in [-0.4, -0.2) is 12.5 Å². The van der Waals surface area contributed by atoms with E-state index in [1.54, 1.807) is 26.0 Å². The van der Waals surface area contributed by atoms with Crippen LogP contribution in [0.2, 0.25) is 0 Å². The highest BCUT2D eigenvalue weighted by atomic mass is 79.9. The van der Waals surface area contributed by atoms with Crippen LogP contribution in [0.25, 0.3) is 0 Å². The van der Waals surface area contributed by atoms with Gasteiger partial charge in [-0.05, 0) is 41.9 Å². The molecule has 0 fully saturated rings. The number of benzene rings is 1. The lowest BCUT2D eigenvalue weighted by atomic mass is 9.94. The fourth-order valence-electron chi connectivity index (χ4n) is 1.09. The van der Waals surface area contributed by atoms with E-state index >= 15 is 0 Å². The number of amides is 1. The summed E-state index contributed by atoms with van der Waals surface area (Å²) < 4.78 is 18.9. The van der Waals surface area contributed by atoms with Gasteiger partial charge in [0.15, 0.2) is 0 Å². The first kappa shape index (κ1) is 13.9. The van der Waals surface area contributed by atoms with Gasteiger partial charge in [-0.1, -0.05) is 0 Å². The summed E-state index contributed by atoms with van der Waals surface area (Å²) in [5, 5.41) is 0. The van der Waals surface area contributed by atoms with Gasteiger partial charge < -0.3 is 4.74 Å². The summed E-state index contributed by atoms with van der Waals surface area (Å²) in [7, 11) is 0. The number of ether oxygens (including phenoxy) is 1. The molecule has 0 radical (unpaired) electrons. The first-order chi connectivity index (χ1) is 7.86. The van der Waals surface area contributed by atoms with Crippen LogP contribution in [-0.2, 0) is 4.79 Å². The van der Waals surface area contributed by atoms with Gasteiger partial charge >= 0.3 is 0 Å². The Hall–Kier alpha value is -1.14. The minimum Gasteiger partial charge on any atom is -0.492 e. The molecule has 1 aromatic rings. The third-order valence-electron chi connectivity index (χ3n) is 2.24. The van der Waals surface area contributed by atoms with Crippen molar-refractivity contribution < 1.29 is 13.9 Å². The summed E-state index contributed by atoms with van der Waals surface area (Å²) in [5.41, 5.74) is 1.28. The molecule has 1 amide bonds. The van der Waals surface area contributed by atoms with E-state index in [4.69, 9.17) is 10.6 Å². The second-order valence-corrected chi connectivity index (χ2v) is 5.08. The molecule has 0 saturated carbocycles. The Labute approximate surface area is 107 Å². The van der Waals surface area contributed by atoms with Crippen molar-refractivity contribution in [3.63, 3.8) is 0 Å². The minimum atomic E-state index is -0.779. The summed E-state index contributed by atoms with van der Waals surface area (Å²) in [6.45, 7) is 3.48. The zero-order chi connectivity index (χ0) is 13.1. The van der Waals surface area contributed by atoms with Gasteiger partial charge in [0, 0.05) is 6.07 Å². The number of hydrogen-bond acceptors (Lipinski definition) is 3. The van der Waals surface area contributed by atoms with Crippen LogP contribution in [0.3, 0.4) is 0 Å². The Morgan fingerprint density at radius 3 is 2.76 bits per heavy atom. The highest BCUT2D eigenvalue weighted by Crippen LogP contribution is 2.23. The highest BCUT2D eigenvalue weighted by molar-refractivity contribution is 9.10. The molecule has 0 aliphatic rings. The summed E-state index contributed by atoms with van der Waals surface area (Å²) in [4.78, 5) is 11.4.